The molecule has 0 spiro atoms. The van der Waals surface area contributed by atoms with Crippen molar-refractivity contribution in [2.45, 2.75) is 13.3 Å². The number of ether oxygens (including phenoxy) is 2. The molecule has 0 aliphatic carbocycles. The number of pyridine rings is 1. The number of benzene rings is 1. The van der Waals surface area contributed by atoms with Crippen molar-refractivity contribution < 1.29 is 18.3 Å². The Morgan fingerprint density at radius 1 is 1.14 bits per heavy atom. The van der Waals surface area contributed by atoms with Crippen LogP contribution in [0.4, 0.5) is 14.6 Å². The largest absolute Gasteiger partial charge is 0.493 e. The molecule has 21 heavy (non-hydrogen) atoms. The number of nitrogens with one attached hydrogen (secondary N) is 1. The van der Waals surface area contributed by atoms with Crippen LogP contribution in [-0.4, -0.2) is 18.6 Å². The Bertz CT molecular complexity index is 621. The maximum atomic E-state index is 13.8. The van der Waals surface area contributed by atoms with Gasteiger partial charge < -0.3 is 14.8 Å². The molecule has 0 saturated heterocycles. The highest BCUT2D eigenvalue weighted by molar-refractivity contribution is 5.44. The van der Waals surface area contributed by atoms with Crippen molar-refractivity contribution in [2.75, 3.05) is 19.0 Å². The van der Waals surface area contributed by atoms with Crippen LogP contribution in [0, 0.1) is 11.6 Å². The summed E-state index contributed by atoms with van der Waals surface area (Å²) in [7, 11) is 1.48. The first-order chi connectivity index (χ1) is 10.2. The van der Waals surface area contributed by atoms with Gasteiger partial charge in [-0.3, -0.25) is 0 Å². The fourth-order valence-corrected chi connectivity index (χ4v) is 1.70. The normalized spacial score (nSPS) is 10.3. The first kappa shape index (κ1) is 15.0. The summed E-state index contributed by atoms with van der Waals surface area (Å²) in [5.74, 6) is -1.23. The zero-order valence-electron chi connectivity index (χ0n) is 11.8. The molecule has 1 aromatic carbocycles. The van der Waals surface area contributed by atoms with E-state index in [-0.39, 0.29) is 11.7 Å². The molecule has 1 heterocycles. The van der Waals surface area contributed by atoms with Gasteiger partial charge in [0.05, 0.1) is 7.11 Å². The molecule has 112 valence electrons. The molecule has 2 rings (SSSR count). The van der Waals surface area contributed by atoms with Gasteiger partial charge in [-0.15, -0.1) is 0 Å². The molecule has 2 aromatic rings. The number of anilines is 1. The fraction of sp³-hybridized carbons (Fsp3) is 0.267. The summed E-state index contributed by atoms with van der Waals surface area (Å²) in [5, 5.41) is 2.78. The van der Waals surface area contributed by atoms with E-state index in [9.17, 15) is 8.78 Å². The predicted octanol–water partition coefficient (Wildman–Crippen LogP) is 3.98. The zero-order valence-corrected chi connectivity index (χ0v) is 11.8. The number of aromatic nitrogens is 1. The van der Waals surface area contributed by atoms with Crippen LogP contribution in [0.5, 0.6) is 17.4 Å². The lowest BCUT2D eigenvalue weighted by Gasteiger charge is -2.12. The van der Waals surface area contributed by atoms with E-state index in [4.69, 9.17) is 9.47 Å². The van der Waals surface area contributed by atoms with Crippen LogP contribution in [0.3, 0.4) is 0 Å². The topological polar surface area (TPSA) is 43.4 Å². The summed E-state index contributed by atoms with van der Waals surface area (Å²) < 4.78 is 37.9. The van der Waals surface area contributed by atoms with Crippen molar-refractivity contribution in [2.24, 2.45) is 0 Å². The van der Waals surface area contributed by atoms with Gasteiger partial charge in [0.15, 0.2) is 29.0 Å². The summed E-state index contributed by atoms with van der Waals surface area (Å²) in [6.07, 6.45) is 0.793. The lowest BCUT2D eigenvalue weighted by atomic mass is 10.3. The average molecular weight is 294 g/mol. The molecule has 1 N–H and O–H groups in total. The maximum absolute atomic E-state index is 13.8. The van der Waals surface area contributed by atoms with Crippen LogP contribution in [0.1, 0.15) is 13.3 Å². The molecule has 0 atom stereocenters. The first-order valence-electron chi connectivity index (χ1n) is 6.56. The fourth-order valence-electron chi connectivity index (χ4n) is 1.70. The lowest BCUT2D eigenvalue weighted by Crippen LogP contribution is -2.06. The lowest BCUT2D eigenvalue weighted by molar-refractivity contribution is 0.363. The minimum Gasteiger partial charge on any atom is -0.493 e. The number of rotatable bonds is 6. The standard InChI is InChI=1S/C15H16F2N2O2/c1-3-8-18-14-10(16)9-11(17)15(19-14)21-13-7-5-4-6-12(13)20-2/h4-7,9H,3,8H2,1-2H3,(H,18,19). The third-order valence-corrected chi connectivity index (χ3v) is 2.72. The second-order valence-electron chi connectivity index (χ2n) is 4.29. The Labute approximate surface area is 121 Å². The molecule has 0 unspecified atom stereocenters. The Morgan fingerprint density at radius 3 is 2.52 bits per heavy atom. The molecular weight excluding hydrogens is 278 g/mol. The summed E-state index contributed by atoms with van der Waals surface area (Å²) in [4.78, 5) is 3.84. The van der Waals surface area contributed by atoms with E-state index in [1.807, 2.05) is 6.92 Å². The third-order valence-electron chi connectivity index (χ3n) is 2.72. The van der Waals surface area contributed by atoms with Crippen LogP contribution >= 0.6 is 0 Å². The van der Waals surface area contributed by atoms with Gasteiger partial charge in [0, 0.05) is 12.6 Å². The molecule has 0 saturated carbocycles. The van der Waals surface area contributed by atoms with Gasteiger partial charge in [-0.1, -0.05) is 19.1 Å². The molecule has 1 aromatic heterocycles. The number of methoxy groups -OCH3 is 1. The van der Waals surface area contributed by atoms with Crippen LogP contribution in [0.25, 0.3) is 0 Å². The molecule has 0 aliphatic heterocycles. The number of hydrogen-bond donors (Lipinski definition) is 1. The monoisotopic (exact) mass is 294 g/mol. The molecule has 0 radical (unpaired) electrons. The van der Waals surface area contributed by atoms with E-state index in [2.05, 4.69) is 10.3 Å². The smallest absolute Gasteiger partial charge is 0.258 e. The average Bonchev–Trinajstić information content (AvgIpc) is 2.49. The molecule has 6 heteroatoms. The van der Waals surface area contributed by atoms with Crippen molar-refractivity contribution in [3.63, 3.8) is 0 Å². The second kappa shape index (κ2) is 6.88. The van der Waals surface area contributed by atoms with Crippen molar-refractivity contribution >= 4 is 5.82 Å². The highest BCUT2D eigenvalue weighted by Gasteiger charge is 2.15. The number of hydrogen-bond acceptors (Lipinski definition) is 4. The van der Waals surface area contributed by atoms with Crippen molar-refractivity contribution in [1.29, 1.82) is 0 Å². The van der Waals surface area contributed by atoms with Gasteiger partial charge in [-0.25, -0.2) is 8.78 Å². The van der Waals surface area contributed by atoms with Crippen molar-refractivity contribution in [3.8, 4) is 17.4 Å². The molecule has 0 fully saturated rings. The van der Waals surface area contributed by atoms with E-state index >= 15 is 0 Å². The van der Waals surface area contributed by atoms with Crippen molar-refractivity contribution in [1.82, 2.24) is 4.98 Å². The number of halogens is 2. The molecule has 4 nitrogen and oxygen atoms in total. The van der Waals surface area contributed by atoms with Gasteiger partial charge in [0.1, 0.15) is 0 Å². The van der Waals surface area contributed by atoms with E-state index in [0.29, 0.717) is 18.0 Å². The van der Waals surface area contributed by atoms with Gasteiger partial charge in [0.25, 0.3) is 5.88 Å². The Morgan fingerprint density at radius 2 is 1.86 bits per heavy atom. The number of nitrogens with zero attached hydrogens (tertiary/aromatic N) is 1. The summed E-state index contributed by atoms with van der Waals surface area (Å²) in [6, 6.07) is 7.51. The molecule has 0 bridgehead atoms. The minimum atomic E-state index is -0.875. The van der Waals surface area contributed by atoms with E-state index in [1.54, 1.807) is 24.3 Å². The van der Waals surface area contributed by atoms with Crippen LogP contribution in [0.15, 0.2) is 30.3 Å². The van der Waals surface area contributed by atoms with Crippen LogP contribution in [-0.2, 0) is 0 Å². The SMILES string of the molecule is CCCNc1nc(Oc2ccccc2OC)c(F)cc1F. The van der Waals surface area contributed by atoms with Gasteiger partial charge in [0.2, 0.25) is 0 Å². The maximum Gasteiger partial charge on any atom is 0.258 e. The zero-order chi connectivity index (χ0) is 15.2. The van der Waals surface area contributed by atoms with Crippen molar-refractivity contribution in [3.05, 3.63) is 42.0 Å². The summed E-state index contributed by atoms with van der Waals surface area (Å²) in [5.41, 5.74) is 0. The van der Waals surface area contributed by atoms with Gasteiger partial charge >= 0.3 is 0 Å². The molecule has 0 amide bonds. The minimum absolute atomic E-state index is 0.0388. The molecular formula is C15H16F2N2O2. The molecule has 0 aliphatic rings. The Hall–Kier alpha value is -2.37. The second-order valence-corrected chi connectivity index (χ2v) is 4.29. The Kier molecular flexibility index (Phi) is 4.92. The third kappa shape index (κ3) is 3.59. The quantitative estimate of drug-likeness (QED) is 0.875. The van der Waals surface area contributed by atoms with Crippen LogP contribution in [0.2, 0.25) is 0 Å². The highest BCUT2D eigenvalue weighted by atomic mass is 19.1. The predicted molar refractivity (Wildman–Crippen MR) is 76.0 cm³/mol. The summed E-state index contributed by atoms with van der Waals surface area (Å²) >= 11 is 0. The van der Waals surface area contributed by atoms with E-state index in [0.717, 1.165) is 12.5 Å². The highest BCUT2D eigenvalue weighted by Crippen LogP contribution is 2.32. The van der Waals surface area contributed by atoms with E-state index in [1.165, 1.54) is 7.11 Å². The van der Waals surface area contributed by atoms with Crippen LogP contribution < -0.4 is 14.8 Å². The Balaban J connectivity index is 2.30. The summed E-state index contributed by atoms with van der Waals surface area (Å²) in [6.45, 7) is 2.46. The number of para-hydroxylation sites is 2. The van der Waals surface area contributed by atoms with Gasteiger partial charge in [-0.2, -0.15) is 4.98 Å². The van der Waals surface area contributed by atoms with E-state index < -0.39 is 11.6 Å². The van der Waals surface area contributed by atoms with Gasteiger partial charge in [-0.05, 0) is 18.6 Å². The first-order valence-corrected chi connectivity index (χ1v) is 6.56.